The zero-order chi connectivity index (χ0) is 19.0. The highest BCUT2D eigenvalue weighted by molar-refractivity contribution is 5.88. The number of nitrogens with zero attached hydrogens (tertiary/aromatic N) is 2. The molecule has 0 radical (unpaired) electrons. The molecule has 6 nitrogen and oxygen atoms in total. The lowest BCUT2D eigenvalue weighted by molar-refractivity contribution is 0.292. The second-order valence-electron chi connectivity index (χ2n) is 7.64. The lowest BCUT2D eigenvalue weighted by Gasteiger charge is -2.14. The minimum Gasteiger partial charge on any atom is -0.473 e. The van der Waals surface area contributed by atoms with E-state index >= 15 is 0 Å². The van der Waals surface area contributed by atoms with Crippen LogP contribution in [0.1, 0.15) is 40.5 Å². The largest absolute Gasteiger partial charge is 0.473 e. The van der Waals surface area contributed by atoms with Crippen LogP contribution in [0, 0.1) is 0 Å². The number of rotatable bonds is 7. The lowest BCUT2D eigenvalue weighted by atomic mass is 10.2. The number of oxazole rings is 1. The monoisotopic (exact) mass is 366 g/mol. The van der Waals surface area contributed by atoms with E-state index in [1.165, 1.54) is 0 Å². The highest BCUT2D eigenvalue weighted by Crippen LogP contribution is 2.34. The van der Waals surface area contributed by atoms with Gasteiger partial charge in [-0.25, -0.2) is 9.97 Å². The molecular formula is C21H26N4O2. The van der Waals surface area contributed by atoms with Crippen LogP contribution in [0.5, 0.6) is 5.88 Å². The van der Waals surface area contributed by atoms with Gasteiger partial charge in [-0.15, -0.1) is 0 Å². The molecule has 142 valence electrons. The first-order chi connectivity index (χ1) is 13.0. The second kappa shape index (κ2) is 7.10. The molecule has 0 saturated heterocycles. The summed E-state index contributed by atoms with van der Waals surface area (Å²) in [5, 5.41) is 6.81. The van der Waals surface area contributed by atoms with Gasteiger partial charge < -0.3 is 19.8 Å². The number of nitrogens with one attached hydrogen (secondary N) is 2. The van der Waals surface area contributed by atoms with Gasteiger partial charge in [0.25, 0.3) is 0 Å². The normalized spacial score (nSPS) is 14.1. The number of hydrogen-bond acceptors (Lipinski definition) is 6. The van der Waals surface area contributed by atoms with Gasteiger partial charge in [0.05, 0.1) is 11.4 Å². The SMILES string of the molecule is CC(C)Nc1ccc(-c2nc3c(NC(C)C)cccc3o2)nc1OC1CC1. The smallest absolute Gasteiger partial charge is 0.246 e. The summed E-state index contributed by atoms with van der Waals surface area (Å²) in [5.74, 6) is 1.12. The van der Waals surface area contributed by atoms with Gasteiger partial charge in [0.1, 0.15) is 17.3 Å². The summed E-state index contributed by atoms with van der Waals surface area (Å²) in [6.07, 6.45) is 2.44. The average Bonchev–Trinajstić information content (AvgIpc) is 3.30. The summed E-state index contributed by atoms with van der Waals surface area (Å²) < 4.78 is 12.0. The summed E-state index contributed by atoms with van der Waals surface area (Å²) in [4.78, 5) is 9.40. The van der Waals surface area contributed by atoms with Crippen molar-refractivity contribution in [1.29, 1.82) is 0 Å². The number of ether oxygens (including phenoxy) is 1. The van der Waals surface area contributed by atoms with Crippen molar-refractivity contribution in [2.45, 2.75) is 58.7 Å². The number of pyridine rings is 1. The van der Waals surface area contributed by atoms with E-state index in [4.69, 9.17) is 19.1 Å². The first kappa shape index (κ1) is 17.6. The van der Waals surface area contributed by atoms with E-state index in [0.717, 1.165) is 35.3 Å². The lowest BCUT2D eigenvalue weighted by Crippen LogP contribution is -2.12. The fourth-order valence-corrected chi connectivity index (χ4v) is 2.90. The molecule has 2 aromatic heterocycles. The van der Waals surface area contributed by atoms with E-state index in [1.807, 2.05) is 30.3 Å². The van der Waals surface area contributed by atoms with E-state index in [-0.39, 0.29) is 6.10 Å². The molecule has 1 fully saturated rings. The van der Waals surface area contributed by atoms with Crippen molar-refractivity contribution in [3.05, 3.63) is 30.3 Å². The van der Waals surface area contributed by atoms with Crippen LogP contribution in [0.4, 0.5) is 11.4 Å². The molecule has 6 heteroatoms. The molecule has 2 heterocycles. The highest BCUT2D eigenvalue weighted by Gasteiger charge is 2.26. The summed E-state index contributed by atoms with van der Waals surface area (Å²) in [7, 11) is 0. The molecule has 1 aromatic carbocycles. The Balaban J connectivity index is 1.71. The Labute approximate surface area is 159 Å². The molecule has 1 saturated carbocycles. The van der Waals surface area contributed by atoms with Crippen molar-refractivity contribution in [2.75, 3.05) is 10.6 Å². The van der Waals surface area contributed by atoms with Crippen LogP contribution in [0.3, 0.4) is 0 Å². The summed E-state index contributed by atoms with van der Waals surface area (Å²) in [5.41, 5.74) is 4.10. The molecule has 4 rings (SSSR count). The maximum absolute atomic E-state index is 6.01. The second-order valence-corrected chi connectivity index (χ2v) is 7.64. The molecule has 3 aromatic rings. The molecule has 1 aliphatic rings. The fourth-order valence-electron chi connectivity index (χ4n) is 2.90. The van der Waals surface area contributed by atoms with Crippen LogP contribution in [-0.2, 0) is 0 Å². The number of hydrogen-bond donors (Lipinski definition) is 2. The van der Waals surface area contributed by atoms with E-state index in [1.54, 1.807) is 0 Å². The minimum atomic E-state index is 0.269. The Morgan fingerprint density at radius 3 is 2.41 bits per heavy atom. The maximum atomic E-state index is 6.01. The number of aromatic nitrogens is 2. The van der Waals surface area contributed by atoms with E-state index in [0.29, 0.717) is 29.5 Å². The average molecular weight is 366 g/mol. The number of para-hydroxylation sites is 1. The van der Waals surface area contributed by atoms with E-state index < -0.39 is 0 Å². The molecule has 1 aliphatic carbocycles. The van der Waals surface area contributed by atoms with Crippen molar-refractivity contribution in [3.8, 4) is 17.5 Å². The third kappa shape index (κ3) is 3.99. The number of fused-ring (bicyclic) bond motifs is 1. The molecule has 0 amide bonds. The molecule has 0 atom stereocenters. The van der Waals surface area contributed by atoms with Crippen molar-refractivity contribution in [1.82, 2.24) is 9.97 Å². The third-order valence-corrected chi connectivity index (χ3v) is 4.19. The Morgan fingerprint density at radius 1 is 0.963 bits per heavy atom. The standard InChI is InChI=1S/C21H26N4O2/c1-12(2)22-15-6-5-7-18-19(15)25-21(27-18)17-11-10-16(23-13(3)4)20(24-17)26-14-8-9-14/h5-7,10-14,22-23H,8-9H2,1-4H3. The molecule has 0 unspecified atom stereocenters. The van der Waals surface area contributed by atoms with Crippen LogP contribution >= 0.6 is 0 Å². The van der Waals surface area contributed by atoms with Gasteiger partial charge in [0.2, 0.25) is 11.8 Å². The zero-order valence-corrected chi connectivity index (χ0v) is 16.2. The Hall–Kier alpha value is -2.76. The molecule has 2 N–H and O–H groups in total. The number of anilines is 2. The van der Waals surface area contributed by atoms with Crippen molar-refractivity contribution in [3.63, 3.8) is 0 Å². The van der Waals surface area contributed by atoms with Crippen LogP contribution in [0.2, 0.25) is 0 Å². The first-order valence-corrected chi connectivity index (χ1v) is 9.60. The molecule has 27 heavy (non-hydrogen) atoms. The van der Waals surface area contributed by atoms with Crippen LogP contribution in [0.25, 0.3) is 22.7 Å². The van der Waals surface area contributed by atoms with Gasteiger partial charge in [0, 0.05) is 12.1 Å². The Bertz CT molecular complexity index is 945. The fraction of sp³-hybridized carbons (Fsp3) is 0.429. The molecule has 0 spiro atoms. The Morgan fingerprint density at radius 2 is 1.70 bits per heavy atom. The molecule has 0 bridgehead atoms. The number of benzene rings is 1. The highest BCUT2D eigenvalue weighted by atomic mass is 16.5. The van der Waals surface area contributed by atoms with Gasteiger partial charge in [-0.3, -0.25) is 0 Å². The van der Waals surface area contributed by atoms with Gasteiger partial charge >= 0.3 is 0 Å². The zero-order valence-electron chi connectivity index (χ0n) is 16.2. The Kier molecular flexibility index (Phi) is 4.64. The van der Waals surface area contributed by atoms with E-state index in [9.17, 15) is 0 Å². The van der Waals surface area contributed by atoms with Crippen LogP contribution < -0.4 is 15.4 Å². The predicted octanol–water partition coefficient (Wildman–Crippen LogP) is 5.07. The van der Waals surface area contributed by atoms with Crippen LogP contribution in [0.15, 0.2) is 34.7 Å². The summed E-state index contributed by atoms with van der Waals surface area (Å²) >= 11 is 0. The van der Waals surface area contributed by atoms with Crippen molar-refractivity contribution >= 4 is 22.5 Å². The molecular weight excluding hydrogens is 340 g/mol. The topological polar surface area (TPSA) is 72.2 Å². The van der Waals surface area contributed by atoms with Gasteiger partial charge in [-0.05, 0) is 64.8 Å². The molecule has 0 aliphatic heterocycles. The van der Waals surface area contributed by atoms with Crippen molar-refractivity contribution < 1.29 is 9.15 Å². The van der Waals surface area contributed by atoms with E-state index in [2.05, 4.69) is 38.3 Å². The third-order valence-electron chi connectivity index (χ3n) is 4.19. The summed E-state index contributed by atoms with van der Waals surface area (Å²) in [6, 6.07) is 10.4. The predicted molar refractivity (Wildman–Crippen MR) is 108 cm³/mol. The maximum Gasteiger partial charge on any atom is 0.246 e. The minimum absolute atomic E-state index is 0.269. The quantitative estimate of drug-likeness (QED) is 0.608. The van der Waals surface area contributed by atoms with Gasteiger partial charge in [-0.2, -0.15) is 0 Å². The summed E-state index contributed by atoms with van der Waals surface area (Å²) in [6.45, 7) is 8.39. The van der Waals surface area contributed by atoms with Crippen LogP contribution in [-0.4, -0.2) is 28.2 Å². The van der Waals surface area contributed by atoms with Gasteiger partial charge in [-0.1, -0.05) is 6.07 Å². The first-order valence-electron chi connectivity index (χ1n) is 9.60. The van der Waals surface area contributed by atoms with Gasteiger partial charge in [0.15, 0.2) is 5.58 Å². The van der Waals surface area contributed by atoms with Crippen molar-refractivity contribution in [2.24, 2.45) is 0 Å².